The molecule has 0 radical (unpaired) electrons. The number of amides is 1. The Bertz CT molecular complexity index is 709. The molecule has 1 aromatic heterocycles. The minimum absolute atomic E-state index is 0.180. The molecule has 1 N–H and O–H groups in total. The number of aromatic hydroxyl groups is 1. The number of ether oxygens (including phenoxy) is 1. The predicted molar refractivity (Wildman–Crippen MR) is 87.5 cm³/mol. The van der Waals surface area contributed by atoms with Crippen LogP contribution in [-0.2, 0) is 4.74 Å². The van der Waals surface area contributed by atoms with Crippen molar-refractivity contribution in [3.8, 4) is 5.75 Å². The largest absolute Gasteiger partial charge is 0.506 e. The van der Waals surface area contributed by atoms with E-state index in [9.17, 15) is 9.90 Å². The van der Waals surface area contributed by atoms with Crippen LogP contribution in [0.2, 0.25) is 0 Å². The molecule has 1 saturated heterocycles. The van der Waals surface area contributed by atoms with E-state index in [2.05, 4.69) is 5.10 Å². The number of aromatic nitrogens is 2. The van der Waals surface area contributed by atoms with Crippen LogP contribution in [0.15, 0.2) is 24.4 Å². The lowest BCUT2D eigenvalue weighted by Crippen LogP contribution is -2.42. The molecule has 1 fully saturated rings. The van der Waals surface area contributed by atoms with E-state index in [1.54, 1.807) is 17.2 Å². The third-order valence-corrected chi connectivity index (χ3v) is 4.06. The lowest BCUT2D eigenvalue weighted by Gasteiger charge is -2.33. The number of fused-ring (bicyclic) bond motifs is 1. The monoisotopic (exact) mass is 317 g/mol. The van der Waals surface area contributed by atoms with Crippen molar-refractivity contribution >= 4 is 17.0 Å². The Kier molecular flexibility index (Phi) is 3.92. The number of piperidine rings is 1. The number of carbonyl (C=O) groups excluding carboxylic acids is 1. The number of likely N-dealkylation sites (tertiary alicyclic amines) is 1. The molecule has 6 nitrogen and oxygen atoms in total. The summed E-state index contributed by atoms with van der Waals surface area (Å²) in [5, 5.41) is 15.5. The van der Waals surface area contributed by atoms with Crippen molar-refractivity contribution in [2.24, 2.45) is 0 Å². The number of benzene rings is 1. The molecule has 1 aromatic carbocycles. The number of hydrogen-bond donors (Lipinski definition) is 1. The average Bonchev–Trinajstić information content (AvgIpc) is 2.91. The Hall–Kier alpha value is -2.24. The molecule has 2 heterocycles. The van der Waals surface area contributed by atoms with Crippen LogP contribution in [0.25, 0.3) is 10.9 Å². The Morgan fingerprint density at radius 1 is 1.30 bits per heavy atom. The van der Waals surface area contributed by atoms with Gasteiger partial charge in [0.05, 0.1) is 12.2 Å². The first-order valence-corrected chi connectivity index (χ1v) is 7.98. The number of hydrogen-bond acceptors (Lipinski definition) is 4. The summed E-state index contributed by atoms with van der Waals surface area (Å²) >= 11 is 0. The second kappa shape index (κ2) is 5.76. The molecule has 124 valence electrons. The van der Waals surface area contributed by atoms with Crippen LogP contribution in [0.4, 0.5) is 4.79 Å². The van der Waals surface area contributed by atoms with Gasteiger partial charge in [-0.2, -0.15) is 5.10 Å². The Morgan fingerprint density at radius 2 is 2.00 bits per heavy atom. The fourth-order valence-electron chi connectivity index (χ4n) is 2.98. The fraction of sp³-hybridized carbons (Fsp3) is 0.529. The van der Waals surface area contributed by atoms with Crippen molar-refractivity contribution in [3.63, 3.8) is 0 Å². The summed E-state index contributed by atoms with van der Waals surface area (Å²) in [4.78, 5) is 13.9. The van der Waals surface area contributed by atoms with Crippen LogP contribution < -0.4 is 0 Å². The maximum absolute atomic E-state index is 12.1. The smallest absolute Gasteiger partial charge is 0.410 e. The van der Waals surface area contributed by atoms with Crippen LogP contribution in [0.1, 0.15) is 39.7 Å². The van der Waals surface area contributed by atoms with Crippen molar-refractivity contribution in [2.45, 2.75) is 45.3 Å². The minimum Gasteiger partial charge on any atom is -0.506 e. The molecule has 1 aliphatic heterocycles. The summed E-state index contributed by atoms with van der Waals surface area (Å²) in [6.45, 7) is 6.88. The number of phenolic OH excluding ortho intramolecular Hbond substituents is 1. The number of para-hydroxylation sites is 1. The zero-order valence-electron chi connectivity index (χ0n) is 13.8. The summed E-state index contributed by atoms with van der Waals surface area (Å²) in [6.07, 6.45) is 3.11. The standard InChI is InChI=1S/C17H23N3O3/c1-17(2,3)23-16(22)19-9-7-13(8-10-19)20-15-12(11-18-20)5-4-6-14(15)21/h4-6,11,13,21H,7-10H2,1-3H3. The van der Waals surface area contributed by atoms with Gasteiger partial charge in [0.1, 0.15) is 16.9 Å². The summed E-state index contributed by atoms with van der Waals surface area (Å²) < 4.78 is 7.30. The quantitative estimate of drug-likeness (QED) is 0.876. The normalized spacial score (nSPS) is 16.7. The lowest BCUT2D eigenvalue weighted by molar-refractivity contribution is 0.0186. The minimum atomic E-state index is -0.474. The highest BCUT2D eigenvalue weighted by molar-refractivity contribution is 5.84. The van der Waals surface area contributed by atoms with Crippen molar-refractivity contribution in [1.29, 1.82) is 0 Å². The molecule has 1 amide bonds. The van der Waals surface area contributed by atoms with E-state index in [4.69, 9.17) is 4.74 Å². The topological polar surface area (TPSA) is 67.6 Å². The van der Waals surface area contributed by atoms with E-state index in [-0.39, 0.29) is 17.9 Å². The molecule has 0 aliphatic carbocycles. The van der Waals surface area contributed by atoms with Crippen LogP contribution in [0.3, 0.4) is 0 Å². The van der Waals surface area contributed by atoms with Gasteiger partial charge in [-0.05, 0) is 39.7 Å². The maximum Gasteiger partial charge on any atom is 0.410 e. The number of phenols is 1. The first-order valence-electron chi connectivity index (χ1n) is 7.98. The second-order valence-electron chi connectivity index (χ2n) is 7.00. The van der Waals surface area contributed by atoms with E-state index in [0.29, 0.717) is 13.1 Å². The average molecular weight is 317 g/mol. The molecule has 3 rings (SSSR count). The molecule has 0 bridgehead atoms. The third-order valence-electron chi connectivity index (χ3n) is 4.06. The van der Waals surface area contributed by atoms with Gasteiger partial charge in [0.25, 0.3) is 0 Å². The second-order valence-corrected chi connectivity index (χ2v) is 7.00. The lowest BCUT2D eigenvalue weighted by atomic mass is 10.1. The van der Waals surface area contributed by atoms with Crippen LogP contribution in [0.5, 0.6) is 5.75 Å². The zero-order valence-corrected chi connectivity index (χ0v) is 13.8. The summed E-state index contributed by atoms with van der Waals surface area (Å²) in [5.41, 5.74) is 0.293. The van der Waals surface area contributed by atoms with E-state index in [1.807, 2.05) is 37.6 Å². The van der Waals surface area contributed by atoms with Crippen LogP contribution in [0, 0.1) is 0 Å². The highest BCUT2D eigenvalue weighted by Crippen LogP contribution is 2.31. The summed E-state index contributed by atoms with van der Waals surface area (Å²) in [7, 11) is 0. The van der Waals surface area contributed by atoms with Gasteiger partial charge in [0.2, 0.25) is 0 Å². The molecule has 6 heteroatoms. The molecule has 0 saturated carbocycles. The van der Waals surface area contributed by atoms with Gasteiger partial charge in [0, 0.05) is 18.5 Å². The molecule has 23 heavy (non-hydrogen) atoms. The molecular weight excluding hydrogens is 294 g/mol. The van der Waals surface area contributed by atoms with Crippen molar-refractivity contribution in [1.82, 2.24) is 14.7 Å². The summed E-state index contributed by atoms with van der Waals surface area (Å²) in [5.74, 6) is 0.245. The molecule has 1 aliphatic rings. The van der Waals surface area contributed by atoms with Crippen molar-refractivity contribution in [2.75, 3.05) is 13.1 Å². The first-order chi connectivity index (χ1) is 10.8. The van der Waals surface area contributed by atoms with Gasteiger partial charge in [-0.3, -0.25) is 4.68 Å². The highest BCUT2D eigenvalue weighted by Gasteiger charge is 2.28. The van der Waals surface area contributed by atoms with Crippen LogP contribution in [-0.4, -0.2) is 44.6 Å². The number of rotatable bonds is 1. The van der Waals surface area contributed by atoms with Gasteiger partial charge in [-0.25, -0.2) is 4.79 Å². The Morgan fingerprint density at radius 3 is 2.65 bits per heavy atom. The fourth-order valence-corrected chi connectivity index (χ4v) is 2.98. The Labute approximate surface area is 135 Å². The van der Waals surface area contributed by atoms with E-state index in [0.717, 1.165) is 23.7 Å². The van der Waals surface area contributed by atoms with Gasteiger partial charge >= 0.3 is 6.09 Å². The van der Waals surface area contributed by atoms with Crippen molar-refractivity contribution in [3.05, 3.63) is 24.4 Å². The van der Waals surface area contributed by atoms with Gasteiger partial charge in [0.15, 0.2) is 0 Å². The highest BCUT2D eigenvalue weighted by atomic mass is 16.6. The molecular formula is C17H23N3O3. The van der Waals surface area contributed by atoms with E-state index in [1.165, 1.54) is 0 Å². The van der Waals surface area contributed by atoms with Crippen LogP contribution >= 0.6 is 0 Å². The molecule has 2 aromatic rings. The zero-order chi connectivity index (χ0) is 16.6. The Balaban J connectivity index is 1.70. The van der Waals surface area contributed by atoms with Crippen molar-refractivity contribution < 1.29 is 14.6 Å². The van der Waals surface area contributed by atoms with Gasteiger partial charge in [-0.15, -0.1) is 0 Å². The van der Waals surface area contributed by atoms with E-state index < -0.39 is 5.60 Å². The van der Waals surface area contributed by atoms with Gasteiger partial charge < -0.3 is 14.7 Å². The van der Waals surface area contributed by atoms with Gasteiger partial charge in [-0.1, -0.05) is 12.1 Å². The molecule has 0 unspecified atom stereocenters. The SMILES string of the molecule is CC(C)(C)OC(=O)N1CCC(n2ncc3cccc(O)c32)CC1. The maximum atomic E-state index is 12.1. The molecule has 0 atom stereocenters. The third kappa shape index (κ3) is 3.25. The number of carbonyl (C=O) groups is 1. The molecule has 0 spiro atoms. The first kappa shape index (κ1) is 15.6. The van der Waals surface area contributed by atoms with E-state index >= 15 is 0 Å². The number of nitrogens with zero attached hydrogens (tertiary/aromatic N) is 3. The predicted octanol–water partition coefficient (Wildman–Crippen LogP) is 3.31. The summed E-state index contributed by atoms with van der Waals surface area (Å²) in [6, 6.07) is 5.61.